The second kappa shape index (κ2) is 10.6. The second-order valence-corrected chi connectivity index (χ2v) is 11.0. The molecule has 3 aliphatic rings. The fourth-order valence-corrected chi connectivity index (χ4v) is 5.81. The van der Waals surface area contributed by atoms with Gasteiger partial charge in [0.2, 0.25) is 5.95 Å². The Labute approximate surface area is 233 Å². The highest BCUT2D eigenvalue weighted by atomic mass is 16.3. The fraction of sp³-hybridized carbons (Fsp3) is 0.500. The minimum Gasteiger partial charge on any atom is -0.384 e. The van der Waals surface area contributed by atoms with Gasteiger partial charge in [-0.3, -0.25) is 14.7 Å². The number of piperazine rings is 1. The quantitative estimate of drug-likeness (QED) is 0.521. The molecular formula is C28H35N9O3. The zero-order chi connectivity index (χ0) is 28.0. The number of aliphatic hydroxyl groups is 1. The first-order valence-electron chi connectivity index (χ1n) is 13.9. The molecule has 3 amide bonds. The van der Waals surface area contributed by atoms with Crippen LogP contribution >= 0.6 is 0 Å². The van der Waals surface area contributed by atoms with E-state index in [4.69, 9.17) is 4.98 Å². The highest BCUT2D eigenvalue weighted by Crippen LogP contribution is 2.37. The molecule has 210 valence electrons. The van der Waals surface area contributed by atoms with Gasteiger partial charge in [-0.25, -0.2) is 19.7 Å². The fourth-order valence-electron chi connectivity index (χ4n) is 5.81. The molecule has 6 rings (SSSR count). The summed E-state index contributed by atoms with van der Waals surface area (Å²) in [5, 5.41) is 9.73. The summed E-state index contributed by atoms with van der Waals surface area (Å²) in [5.74, 6) is 0.444. The van der Waals surface area contributed by atoms with Gasteiger partial charge in [-0.05, 0) is 38.9 Å². The van der Waals surface area contributed by atoms with Gasteiger partial charge in [0.05, 0.1) is 23.4 Å². The summed E-state index contributed by atoms with van der Waals surface area (Å²) in [5.41, 5.74) is 4.61. The zero-order valence-electron chi connectivity index (χ0n) is 23.2. The van der Waals surface area contributed by atoms with Crippen molar-refractivity contribution in [2.75, 3.05) is 63.2 Å². The number of rotatable bonds is 4. The highest BCUT2D eigenvalue weighted by Gasteiger charge is 2.38. The van der Waals surface area contributed by atoms with Gasteiger partial charge < -0.3 is 24.7 Å². The molecule has 2 saturated heterocycles. The van der Waals surface area contributed by atoms with E-state index in [1.165, 1.54) is 6.92 Å². The third-order valence-electron chi connectivity index (χ3n) is 8.16. The zero-order valence-corrected chi connectivity index (χ0v) is 23.2. The minimum absolute atomic E-state index is 0.0904. The van der Waals surface area contributed by atoms with E-state index in [0.717, 1.165) is 54.6 Å². The van der Waals surface area contributed by atoms with Crippen molar-refractivity contribution in [2.45, 2.75) is 38.5 Å². The van der Waals surface area contributed by atoms with E-state index < -0.39 is 6.10 Å². The van der Waals surface area contributed by atoms with Crippen molar-refractivity contribution in [1.82, 2.24) is 34.6 Å². The van der Waals surface area contributed by atoms with Crippen LogP contribution < -0.4 is 9.80 Å². The third-order valence-corrected chi connectivity index (χ3v) is 8.16. The van der Waals surface area contributed by atoms with Gasteiger partial charge in [-0.1, -0.05) is 0 Å². The number of aromatic nitrogens is 4. The largest absolute Gasteiger partial charge is 0.384 e. The molecule has 0 saturated carbocycles. The first-order chi connectivity index (χ1) is 19.3. The lowest BCUT2D eigenvalue weighted by Crippen LogP contribution is -2.55. The number of aliphatic hydroxyl groups excluding tert-OH is 1. The molecule has 0 aromatic carbocycles. The van der Waals surface area contributed by atoms with Crippen molar-refractivity contribution < 1.29 is 14.7 Å². The molecule has 0 aliphatic carbocycles. The van der Waals surface area contributed by atoms with Crippen molar-refractivity contribution in [2.24, 2.45) is 0 Å². The first-order valence-corrected chi connectivity index (χ1v) is 13.9. The van der Waals surface area contributed by atoms with E-state index >= 15 is 0 Å². The number of piperidine rings is 1. The van der Waals surface area contributed by atoms with Crippen LogP contribution in [0.2, 0.25) is 0 Å². The Balaban J connectivity index is 1.32. The van der Waals surface area contributed by atoms with Gasteiger partial charge in [0.15, 0.2) is 0 Å². The smallest absolute Gasteiger partial charge is 0.324 e. The minimum atomic E-state index is -1.03. The van der Waals surface area contributed by atoms with Crippen molar-refractivity contribution in [3.63, 3.8) is 0 Å². The molecule has 12 nitrogen and oxygen atoms in total. The summed E-state index contributed by atoms with van der Waals surface area (Å²) in [6.07, 6.45) is 5.64. The van der Waals surface area contributed by atoms with Crippen molar-refractivity contribution >= 4 is 34.6 Å². The maximum atomic E-state index is 13.6. The van der Waals surface area contributed by atoms with E-state index in [0.29, 0.717) is 43.5 Å². The van der Waals surface area contributed by atoms with Gasteiger partial charge in [-0.15, -0.1) is 0 Å². The van der Waals surface area contributed by atoms with Crippen LogP contribution in [0.15, 0.2) is 30.7 Å². The molecular weight excluding hydrogens is 510 g/mol. The van der Waals surface area contributed by atoms with Crippen LogP contribution in [0.3, 0.4) is 0 Å². The lowest BCUT2D eigenvalue weighted by molar-refractivity contribution is -0.140. The van der Waals surface area contributed by atoms with Crippen molar-refractivity contribution in [3.05, 3.63) is 36.3 Å². The van der Waals surface area contributed by atoms with Crippen LogP contribution in [-0.4, -0.2) is 117 Å². The van der Waals surface area contributed by atoms with Crippen LogP contribution in [0, 0.1) is 0 Å². The maximum Gasteiger partial charge on any atom is 0.324 e. The Morgan fingerprint density at radius 2 is 1.68 bits per heavy atom. The summed E-state index contributed by atoms with van der Waals surface area (Å²) in [4.78, 5) is 54.5. The standard InChI is InChI=1S/C28H35N9O3/c1-18(38)26(39)35-8-6-21(7-9-35)37-25-20(17-34(3)28(37)40)16-29-23-5-4-22(32-24(23)25)19-14-30-27(31-15-19)36-12-10-33(2)11-13-36/h4-5,14-16,18,21,38H,6-13,17H2,1-3H3/t18-/m1/s1. The molecule has 40 heavy (non-hydrogen) atoms. The van der Waals surface area contributed by atoms with Gasteiger partial charge in [0, 0.05) is 82.1 Å². The number of pyridine rings is 2. The molecule has 6 heterocycles. The van der Waals surface area contributed by atoms with E-state index in [9.17, 15) is 14.7 Å². The van der Waals surface area contributed by atoms with Crippen LogP contribution in [-0.2, 0) is 11.3 Å². The van der Waals surface area contributed by atoms with Crippen molar-refractivity contribution in [1.29, 1.82) is 0 Å². The topological polar surface area (TPSA) is 122 Å². The summed E-state index contributed by atoms with van der Waals surface area (Å²) < 4.78 is 0. The molecule has 1 atom stereocenters. The highest BCUT2D eigenvalue weighted by molar-refractivity contribution is 6.04. The summed E-state index contributed by atoms with van der Waals surface area (Å²) in [7, 11) is 3.91. The number of anilines is 2. The first kappa shape index (κ1) is 26.3. The molecule has 1 N–H and O–H groups in total. The van der Waals surface area contributed by atoms with Crippen LogP contribution in [0.1, 0.15) is 25.3 Å². The van der Waals surface area contributed by atoms with E-state index in [1.807, 2.05) is 35.6 Å². The van der Waals surface area contributed by atoms with E-state index in [-0.39, 0.29) is 18.0 Å². The lowest BCUT2D eigenvalue weighted by atomic mass is 9.99. The number of hydrogen-bond donors (Lipinski definition) is 1. The number of hydrogen-bond acceptors (Lipinski definition) is 9. The molecule has 12 heteroatoms. The Bertz CT molecular complexity index is 1410. The van der Waals surface area contributed by atoms with Crippen molar-refractivity contribution in [3.8, 4) is 11.3 Å². The summed E-state index contributed by atoms with van der Waals surface area (Å²) in [6, 6.07) is 3.65. The third kappa shape index (κ3) is 4.81. The number of carbonyl (C=O) groups is 2. The normalized spacial score (nSPS) is 19.8. The Morgan fingerprint density at radius 3 is 2.35 bits per heavy atom. The van der Waals surface area contributed by atoms with Gasteiger partial charge in [0.1, 0.15) is 11.6 Å². The monoisotopic (exact) mass is 545 g/mol. The van der Waals surface area contributed by atoms with Crippen LogP contribution in [0.4, 0.5) is 16.4 Å². The van der Waals surface area contributed by atoms with Gasteiger partial charge >= 0.3 is 6.03 Å². The summed E-state index contributed by atoms with van der Waals surface area (Å²) >= 11 is 0. The average molecular weight is 546 g/mol. The molecule has 3 aromatic heterocycles. The SMILES string of the molecule is C[C@@H](O)C(=O)N1CCC(N2C(=O)N(C)Cc3cnc4ccc(-c5cnc(N6CCN(C)CC6)nc5)nc4c32)CC1. The molecule has 0 unspecified atom stereocenters. The number of fused-ring (bicyclic) bond motifs is 3. The number of urea groups is 1. The van der Waals surface area contributed by atoms with Gasteiger partial charge in [0.25, 0.3) is 5.91 Å². The molecule has 3 aromatic rings. The van der Waals surface area contributed by atoms with Crippen LogP contribution in [0.5, 0.6) is 0 Å². The number of likely N-dealkylation sites (tertiary alicyclic amines) is 1. The molecule has 0 bridgehead atoms. The van der Waals surface area contributed by atoms with E-state index in [2.05, 4.69) is 31.8 Å². The second-order valence-electron chi connectivity index (χ2n) is 11.0. The average Bonchev–Trinajstić information content (AvgIpc) is 2.98. The molecule has 2 fully saturated rings. The Morgan fingerprint density at radius 1 is 0.975 bits per heavy atom. The Kier molecular flexibility index (Phi) is 6.97. The molecule has 0 spiro atoms. The lowest BCUT2D eigenvalue weighted by Gasteiger charge is -2.43. The number of carbonyl (C=O) groups excluding carboxylic acids is 2. The van der Waals surface area contributed by atoms with E-state index in [1.54, 1.807) is 16.8 Å². The summed E-state index contributed by atoms with van der Waals surface area (Å²) in [6.45, 7) is 6.65. The number of nitrogens with zero attached hydrogens (tertiary/aromatic N) is 9. The number of amides is 3. The predicted molar refractivity (Wildman–Crippen MR) is 151 cm³/mol. The molecule has 0 radical (unpaired) electrons. The maximum absolute atomic E-state index is 13.6. The Hall–Kier alpha value is -3.90. The predicted octanol–water partition coefficient (Wildman–Crippen LogP) is 1.58. The molecule has 3 aliphatic heterocycles. The number of likely N-dealkylation sites (N-methyl/N-ethyl adjacent to an activating group) is 1. The van der Waals surface area contributed by atoms with Gasteiger partial charge in [-0.2, -0.15) is 0 Å². The van der Waals surface area contributed by atoms with Crippen LogP contribution in [0.25, 0.3) is 22.3 Å².